The van der Waals surface area contributed by atoms with Gasteiger partial charge in [-0.1, -0.05) is 36.4 Å². The Morgan fingerprint density at radius 3 is 2.35 bits per heavy atom. The molecule has 1 aliphatic heterocycles. The third-order valence-corrected chi connectivity index (χ3v) is 5.86. The minimum atomic E-state index is -0.274. The first-order valence-electron chi connectivity index (χ1n) is 11.1. The van der Waals surface area contributed by atoms with E-state index in [0.717, 1.165) is 30.8 Å². The van der Waals surface area contributed by atoms with Crippen LogP contribution in [0.1, 0.15) is 50.4 Å². The van der Waals surface area contributed by atoms with Gasteiger partial charge in [-0.3, -0.25) is 4.90 Å². The van der Waals surface area contributed by atoms with Crippen molar-refractivity contribution < 1.29 is 13.9 Å². The number of carbonyl (C=O) groups excluding carboxylic acids is 1. The molecule has 2 amide bonds. The summed E-state index contributed by atoms with van der Waals surface area (Å²) in [5, 5.41) is 3.08. The molecule has 0 spiro atoms. The maximum atomic E-state index is 13.2. The van der Waals surface area contributed by atoms with E-state index in [2.05, 4.69) is 36.2 Å². The highest BCUT2D eigenvalue weighted by Gasteiger charge is 2.23. The molecule has 1 aliphatic rings. The van der Waals surface area contributed by atoms with Gasteiger partial charge >= 0.3 is 6.03 Å². The summed E-state index contributed by atoms with van der Waals surface area (Å²) in [6, 6.07) is 14.3. The Morgan fingerprint density at radius 2 is 1.74 bits per heavy atom. The van der Waals surface area contributed by atoms with Crippen LogP contribution in [0.4, 0.5) is 9.18 Å². The average Bonchev–Trinajstić information content (AvgIpc) is 2.73. The van der Waals surface area contributed by atoms with E-state index in [1.165, 1.54) is 17.7 Å². The van der Waals surface area contributed by atoms with E-state index < -0.39 is 0 Å². The Morgan fingerprint density at radius 1 is 1.13 bits per heavy atom. The Labute approximate surface area is 185 Å². The van der Waals surface area contributed by atoms with Crippen LogP contribution in [0.2, 0.25) is 0 Å². The smallest absolute Gasteiger partial charge is 0.318 e. The van der Waals surface area contributed by atoms with Gasteiger partial charge < -0.3 is 15.0 Å². The van der Waals surface area contributed by atoms with Crippen molar-refractivity contribution >= 4 is 6.03 Å². The van der Waals surface area contributed by atoms with Crippen LogP contribution >= 0.6 is 0 Å². The fourth-order valence-corrected chi connectivity index (χ4v) is 4.33. The van der Waals surface area contributed by atoms with Crippen LogP contribution in [-0.2, 0) is 17.8 Å². The Hall–Kier alpha value is -2.44. The van der Waals surface area contributed by atoms with Gasteiger partial charge in [0.15, 0.2) is 0 Å². The first kappa shape index (κ1) is 23.2. The molecule has 3 atom stereocenters. The minimum Gasteiger partial charge on any atom is -0.373 e. The van der Waals surface area contributed by atoms with Gasteiger partial charge in [-0.05, 0) is 56.5 Å². The summed E-state index contributed by atoms with van der Waals surface area (Å²) < 4.78 is 19.1. The molecule has 0 aliphatic carbocycles. The first-order valence-corrected chi connectivity index (χ1v) is 11.1. The van der Waals surface area contributed by atoms with E-state index in [1.54, 1.807) is 17.0 Å². The Kier molecular flexibility index (Phi) is 8.04. The molecule has 3 rings (SSSR count). The van der Waals surface area contributed by atoms with E-state index >= 15 is 0 Å². The largest absolute Gasteiger partial charge is 0.373 e. The number of hydrogen-bond donors (Lipinski definition) is 1. The van der Waals surface area contributed by atoms with Crippen LogP contribution in [0.25, 0.3) is 0 Å². The van der Waals surface area contributed by atoms with Crippen molar-refractivity contribution in [1.82, 2.24) is 15.1 Å². The number of nitrogens with one attached hydrogen (secondary N) is 1. The molecular formula is C25H34FN3O2. The van der Waals surface area contributed by atoms with Crippen LogP contribution in [0.15, 0.2) is 48.5 Å². The first-order chi connectivity index (χ1) is 14.9. The third kappa shape index (κ3) is 6.28. The molecule has 6 heteroatoms. The van der Waals surface area contributed by atoms with Gasteiger partial charge in [-0.25, -0.2) is 9.18 Å². The summed E-state index contributed by atoms with van der Waals surface area (Å²) in [5.74, 6) is -0.274. The topological polar surface area (TPSA) is 44.8 Å². The van der Waals surface area contributed by atoms with Gasteiger partial charge in [0, 0.05) is 32.7 Å². The molecule has 1 N–H and O–H groups in total. The van der Waals surface area contributed by atoms with E-state index in [9.17, 15) is 9.18 Å². The number of morpholine rings is 1. The lowest BCUT2D eigenvalue weighted by Crippen LogP contribution is -2.45. The number of benzene rings is 2. The maximum Gasteiger partial charge on any atom is 0.318 e. The lowest BCUT2D eigenvalue weighted by atomic mass is 10.1. The molecule has 2 aromatic rings. The van der Waals surface area contributed by atoms with E-state index in [0.29, 0.717) is 13.1 Å². The number of carbonyl (C=O) groups is 1. The molecule has 0 saturated carbocycles. The van der Waals surface area contributed by atoms with Gasteiger partial charge in [-0.15, -0.1) is 0 Å². The molecule has 31 heavy (non-hydrogen) atoms. The summed E-state index contributed by atoms with van der Waals surface area (Å²) in [7, 11) is 0. The van der Waals surface area contributed by atoms with Crippen molar-refractivity contribution in [3.8, 4) is 0 Å². The number of hydrogen-bond acceptors (Lipinski definition) is 3. The minimum absolute atomic E-state index is 0.122. The van der Waals surface area contributed by atoms with Crippen molar-refractivity contribution in [3.05, 3.63) is 71.0 Å². The van der Waals surface area contributed by atoms with Crippen LogP contribution in [0.3, 0.4) is 0 Å². The van der Waals surface area contributed by atoms with Crippen molar-refractivity contribution in [2.45, 2.75) is 59.0 Å². The molecule has 1 saturated heterocycles. The lowest BCUT2D eigenvalue weighted by molar-refractivity contribution is -0.0705. The van der Waals surface area contributed by atoms with Gasteiger partial charge in [0.1, 0.15) is 5.82 Å². The molecule has 1 heterocycles. The summed E-state index contributed by atoms with van der Waals surface area (Å²) >= 11 is 0. The molecule has 0 bridgehead atoms. The van der Waals surface area contributed by atoms with Gasteiger partial charge in [-0.2, -0.15) is 0 Å². The van der Waals surface area contributed by atoms with Crippen LogP contribution in [0, 0.1) is 5.82 Å². The second-order valence-corrected chi connectivity index (χ2v) is 8.39. The highest BCUT2D eigenvalue weighted by atomic mass is 19.1. The van der Waals surface area contributed by atoms with Crippen molar-refractivity contribution in [2.75, 3.05) is 19.6 Å². The molecule has 168 valence electrons. The van der Waals surface area contributed by atoms with E-state index in [-0.39, 0.29) is 30.1 Å². The lowest BCUT2D eigenvalue weighted by Gasteiger charge is -2.35. The van der Waals surface area contributed by atoms with Gasteiger partial charge in [0.05, 0.1) is 18.2 Å². The van der Waals surface area contributed by atoms with Crippen LogP contribution in [-0.4, -0.2) is 47.7 Å². The van der Waals surface area contributed by atoms with Crippen LogP contribution < -0.4 is 5.32 Å². The summed E-state index contributed by atoms with van der Waals surface area (Å²) in [5.41, 5.74) is 3.25. The molecular weight excluding hydrogens is 393 g/mol. The van der Waals surface area contributed by atoms with Crippen LogP contribution in [0.5, 0.6) is 0 Å². The van der Waals surface area contributed by atoms with Crippen molar-refractivity contribution in [1.29, 1.82) is 0 Å². The van der Waals surface area contributed by atoms with Gasteiger partial charge in [0.25, 0.3) is 0 Å². The Balaban J connectivity index is 1.63. The fraction of sp³-hybridized carbons (Fsp3) is 0.480. The summed E-state index contributed by atoms with van der Waals surface area (Å²) in [4.78, 5) is 17.1. The molecule has 5 nitrogen and oxygen atoms in total. The normalized spacial score (nSPS) is 20.3. The van der Waals surface area contributed by atoms with E-state index in [1.807, 2.05) is 26.0 Å². The predicted octanol–water partition coefficient (Wildman–Crippen LogP) is 4.73. The van der Waals surface area contributed by atoms with E-state index in [4.69, 9.17) is 4.74 Å². The fourth-order valence-electron chi connectivity index (χ4n) is 4.33. The number of halogens is 1. The van der Waals surface area contributed by atoms with Crippen molar-refractivity contribution in [2.24, 2.45) is 0 Å². The zero-order chi connectivity index (χ0) is 22.4. The molecule has 2 aromatic carbocycles. The quantitative estimate of drug-likeness (QED) is 0.695. The molecule has 0 aromatic heterocycles. The molecule has 0 radical (unpaired) electrons. The standard InChI is InChI=1S/C25H34FN3O2/c1-5-29(20(4)21-10-12-24(26)13-11-21)25(30)27-14-22-8-6-7-9-23(22)17-28-15-18(2)31-19(3)16-28/h6-13,18-20H,5,14-17H2,1-4H3,(H,27,30)/t18-,19+,20-/m0/s1. The number of urea groups is 1. The number of nitrogens with zero attached hydrogens (tertiary/aromatic N) is 2. The highest BCUT2D eigenvalue weighted by molar-refractivity contribution is 5.74. The number of amides is 2. The zero-order valence-corrected chi connectivity index (χ0v) is 19.0. The maximum absolute atomic E-state index is 13.2. The second-order valence-electron chi connectivity index (χ2n) is 8.39. The highest BCUT2D eigenvalue weighted by Crippen LogP contribution is 2.21. The monoisotopic (exact) mass is 427 g/mol. The molecule has 0 unspecified atom stereocenters. The SMILES string of the molecule is CCN(C(=O)NCc1ccccc1CN1C[C@@H](C)O[C@@H](C)C1)[C@@H](C)c1ccc(F)cc1. The van der Waals surface area contributed by atoms with Gasteiger partial charge in [0.2, 0.25) is 0 Å². The second kappa shape index (κ2) is 10.7. The summed E-state index contributed by atoms with van der Waals surface area (Å²) in [6.07, 6.45) is 0.448. The molecule has 1 fully saturated rings. The predicted molar refractivity (Wildman–Crippen MR) is 121 cm³/mol. The number of rotatable bonds is 7. The zero-order valence-electron chi connectivity index (χ0n) is 19.0. The van der Waals surface area contributed by atoms with Crippen molar-refractivity contribution in [3.63, 3.8) is 0 Å². The Bertz CT molecular complexity index is 848. The number of ether oxygens (including phenoxy) is 1. The average molecular weight is 428 g/mol. The third-order valence-electron chi connectivity index (χ3n) is 5.86. The summed E-state index contributed by atoms with van der Waals surface area (Å²) in [6.45, 7) is 11.8.